The van der Waals surface area contributed by atoms with E-state index in [0.717, 1.165) is 27.6 Å². The van der Waals surface area contributed by atoms with Gasteiger partial charge in [-0.2, -0.15) is 0 Å². The molecule has 0 bridgehead atoms. The molecule has 2 aromatic heterocycles. The molecule has 222 valence electrons. The van der Waals surface area contributed by atoms with Crippen molar-refractivity contribution in [2.75, 3.05) is 0 Å². The summed E-state index contributed by atoms with van der Waals surface area (Å²) in [6.07, 6.45) is 0. The lowest BCUT2D eigenvalue weighted by atomic mass is 9.96. The molecule has 8 aromatic carbocycles. The first kappa shape index (κ1) is 25.8. The Kier molecular flexibility index (Phi) is 5.14. The van der Waals surface area contributed by atoms with Crippen LogP contribution in [0.4, 0.5) is 0 Å². The van der Waals surface area contributed by atoms with Crippen LogP contribution in [-0.2, 0) is 0 Å². The molecule has 48 heavy (non-hydrogen) atoms. The summed E-state index contributed by atoms with van der Waals surface area (Å²) in [5, 5.41) is 7.43. The molecular formula is C46H27NO. The molecule has 11 rings (SSSR count). The second-order valence-electron chi connectivity index (χ2n) is 12.9. The summed E-state index contributed by atoms with van der Waals surface area (Å²) in [5.74, 6) is 0. The van der Waals surface area contributed by atoms with E-state index in [-0.39, 0.29) is 0 Å². The van der Waals surface area contributed by atoms with Crippen LogP contribution in [0.25, 0.3) is 105 Å². The van der Waals surface area contributed by atoms with Crippen molar-refractivity contribution < 1.29 is 4.42 Å². The molecule has 2 heteroatoms. The highest BCUT2D eigenvalue weighted by atomic mass is 16.3. The van der Waals surface area contributed by atoms with E-state index < -0.39 is 0 Å². The molecule has 0 unspecified atom stereocenters. The van der Waals surface area contributed by atoms with Gasteiger partial charge in [-0.15, -0.1) is 0 Å². The third kappa shape index (κ3) is 3.57. The maximum Gasteiger partial charge on any atom is 0.135 e. The van der Waals surface area contributed by atoms with Gasteiger partial charge in [0, 0.05) is 27.2 Å². The Labute approximate surface area is 276 Å². The molecule has 0 atom stereocenters. The molecule has 0 aliphatic heterocycles. The van der Waals surface area contributed by atoms with Crippen LogP contribution in [0.5, 0.6) is 0 Å². The van der Waals surface area contributed by atoms with Gasteiger partial charge in [0.05, 0.1) is 11.0 Å². The van der Waals surface area contributed by atoms with Crippen molar-refractivity contribution in [3.05, 3.63) is 164 Å². The van der Waals surface area contributed by atoms with Crippen LogP contribution in [-0.4, -0.2) is 4.57 Å². The van der Waals surface area contributed by atoms with Gasteiger partial charge in [0.1, 0.15) is 11.2 Å². The zero-order valence-electron chi connectivity index (χ0n) is 25.9. The summed E-state index contributed by atoms with van der Waals surface area (Å²) in [5.41, 5.74) is 15.5. The molecule has 2 heterocycles. The van der Waals surface area contributed by atoms with Crippen LogP contribution in [0.15, 0.2) is 168 Å². The third-order valence-electron chi connectivity index (χ3n) is 10.3. The first-order valence-corrected chi connectivity index (χ1v) is 16.5. The van der Waals surface area contributed by atoms with Gasteiger partial charge in [0.2, 0.25) is 0 Å². The van der Waals surface area contributed by atoms with E-state index in [4.69, 9.17) is 4.42 Å². The highest BCUT2D eigenvalue weighted by Gasteiger charge is 2.22. The molecule has 10 aromatic rings. The molecule has 0 radical (unpaired) electrons. The molecular weight excluding hydrogens is 583 g/mol. The number of nitrogens with zero attached hydrogens (tertiary/aromatic N) is 1. The average molecular weight is 610 g/mol. The average Bonchev–Trinajstić information content (AvgIpc) is 3.80. The lowest BCUT2D eigenvalue weighted by Crippen LogP contribution is -1.94. The van der Waals surface area contributed by atoms with Crippen LogP contribution in [0, 0.1) is 0 Å². The second-order valence-corrected chi connectivity index (χ2v) is 12.9. The Bertz CT molecular complexity index is 2960. The topological polar surface area (TPSA) is 18.1 Å². The lowest BCUT2D eigenvalue weighted by molar-refractivity contribution is 0.669. The summed E-state index contributed by atoms with van der Waals surface area (Å²) in [6, 6.07) is 59.7. The Morgan fingerprint density at radius 3 is 1.94 bits per heavy atom. The SMILES string of the molecule is c1cc(-c2cc3c4c(cccc4c2)-c2ccccc2-3)cc(-n2c3ccccc3c3cc(-c4ccc5oc6ccccc6c5c4)ccc32)c1. The molecule has 2 nitrogen and oxygen atoms in total. The van der Waals surface area contributed by atoms with Gasteiger partial charge in [-0.25, -0.2) is 0 Å². The Morgan fingerprint density at radius 1 is 0.354 bits per heavy atom. The molecule has 0 saturated heterocycles. The first-order valence-electron chi connectivity index (χ1n) is 16.5. The maximum absolute atomic E-state index is 6.11. The van der Waals surface area contributed by atoms with Crippen LogP contribution in [0.1, 0.15) is 0 Å². The number of fused-ring (bicyclic) bond motifs is 9. The van der Waals surface area contributed by atoms with Crippen LogP contribution in [0.3, 0.4) is 0 Å². The van der Waals surface area contributed by atoms with Gasteiger partial charge >= 0.3 is 0 Å². The standard InChI is InChI=1S/C46H27NO/c1-2-13-35-34(12-1)38-16-8-10-31-23-32(27-41(35)46(31)38)28-9-7-11-33(24-28)47-42-17-5-3-14-36(42)39-25-29(19-21-43(39)47)30-20-22-45-40(26-30)37-15-4-6-18-44(37)48-45/h1-27H. The highest BCUT2D eigenvalue weighted by Crippen LogP contribution is 2.48. The number of aromatic nitrogens is 1. The Balaban J connectivity index is 1.07. The van der Waals surface area contributed by atoms with Crippen LogP contribution >= 0.6 is 0 Å². The van der Waals surface area contributed by atoms with Crippen molar-refractivity contribution in [3.8, 4) is 50.2 Å². The van der Waals surface area contributed by atoms with Gasteiger partial charge in [0.25, 0.3) is 0 Å². The van der Waals surface area contributed by atoms with E-state index in [9.17, 15) is 0 Å². The van der Waals surface area contributed by atoms with Gasteiger partial charge in [0.15, 0.2) is 0 Å². The monoisotopic (exact) mass is 609 g/mol. The fourth-order valence-electron chi connectivity index (χ4n) is 8.15. The van der Waals surface area contributed by atoms with Crippen molar-refractivity contribution in [2.45, 2.75) is 0 Å². The van der Waals surface area contributed by atoms with Crippen LogP contribution < -0.4 is 0 Å². The minimum Gasteiger partial charge on any atom is -0.456 e. The zero-order valence-corrected chi connectivity index (χ0v) is 25.9. The summed E-state index contributed by atoms with van der Waals surface area (Å²) in [4.78, 5) is 0. The van der Waals surface area contributed by atoms with E-state index in [1.54, 1.807) is 0 Å². The maximum atomic E-state index is 6.11. The number of benzene rings is 8. The minimum absolute atomic E-state index is 0.919. The largest absolute Gasteiger partial charge is 0.456 e. The van der Waals surface area contributed by atoms with Crippen molar-refractivity contribution in [1.82, 2.24) is 4.57 Å². The van der Waals surface area contributed by atoms with Gasteiger partial charge < -0.3 is 8.98 Å². The molecule has 0 saturated carbocycles. The second kappa shape index (κ2) is 9.57. The Morgan fingerprint density at radius 2 is 1.02 bits per heavy atom. The van der Waals surface area contributed by atoms with Crippen molar-refractivity contribution in [1.29, 1.82) is 0 Å². The Hall–Kier alpha value is -6.38. The zero-order chi connectivity index (χ0) is 31.3. The lowest BCUT2D eigenvalue weighted by Gasteiger charge is -2.12. The van der Waals surface area contributed by atoms with Gasteiger partial charge in [-0.1, -0.05) is 103 Å². The number of hydrogen-bond donors (Lipinski definition) is 0. The molecule has 0 N–H and O–H groups in total. The third-order valence-corrected chi connectivity index (χ3v) is 10.3. The summed E-state index contributed by atoms with van der Waals surface area (Å²) >= 11 is 0. The van der Waals surface area contributed by atoms with Crippen molar-refractivity contribution >= 4 is 54.5 Å². The molecule has 0 spiro atoms. The quantitative estimate of drug-likeness (QED) is 0.195. The van der Waals surface area contributed by atoms with E-state index >= 15 is 0 Å². The van der Waals surface area contributed by atoms with E-state index in [0.29, 0.717) is 0 Å². The number of hydrogen-bond acceptors (Lipinski definition) is 1. The van der Waals surface area contributed by atoms with Crippen molar-refractivity contribution in [3.63, 3.8) is 0 Å². The summed E-state index contributed by atoms with van der Waals surface area (Å²) in [6.45, 7) is 0. The molecule has 0 fully saturated rings. The summed E-state index contributed by atoms with van der Waals surface area (Å²) in [7, 11) is 0. The fraction of sp³-hybridized carbons (Fsp3) is 0. The minimum atomic E-state index is 0.919. The number of rotatable bonds is 3. The number of furan rings is 1. The number of para-hydroxylation sites is 2. The predicted molar refractivity (Wildman–Crippen MR) is 201 cm³/mol. The van der Waals surface area contributed by atoms with Crippen molar-refractivity contribution in [2.24, 2.45) is 0 Å². The van der Waals surface area contributed by atoms with E-state index in [1.165, 1.54) is 77.1 Å². The van der Waals surface area contributed by atoms with E-state index in [2.05, 4.69) is 156 Å². The smallest absolute Gasteiger partial charge is 0.135 e. The van der Waals surface area contributed by atoms with Crippen LogP contribution in [0.2, 0.25) is 0 Å². The van der Waals surface area contributed by atoms with E-state index in [1.807, 2.05) is 12.1 Å². The van der Waals surface area contributed by atoms with Gasteiger partial charge in [-0.05, 0) is 116 Å². The fourth-order valence-corrected chi connectivity index (χ4v) is 8.15. The first-order chi connectivity index (χ1) is 23.8. The summed E-state index contributed by atoms with van der Waals surface area (Å²) < 4.78 is 8.53. The molecule has 0 amide bonds. The molecule has 1 aliphatic carbocycles. The normalized spacial score (nSPS) is 12.2. The predicted octanol–water partition coefficient (Wildman–Crippen LogP) is 12.8. The van der Waals surface area contributed by atoms with Gasteiger partial charge in [-0.3, -0.25) is 0 Å². The highest BCUT2D eigenvalue weighted by molar-refractivity contribution is 6.16. The molecule has 1 aliphatic rings.